The molecular weight excluding hydrogens is 418 g/mol. The molecule has 9 nitrogen and oxygen atoms in total. The van der Waals surface area contributed by atoms with Crippen molar-refractivity contribution in [3.05, 3.63) is 66.2 Å². The lowest BCUT2D eigenvalue weighted by molar-refractivity contribution is -0.139. The van der Waals surface area contributed by atoms with Crippen LogP contribution >= 0.6 is 0 Å². The zero-order valence-corrected chi connectivity index (χ0v) is 18.5. The largest absolute Gasteiger partial charge is 0.379 e. The number of hydrogen-bond acceptors (Lipinski definition) is 6. The van der Waals surface area contributed by atoms with Gasteiger partial charge in [-0.15, -0.1) is 0 Å². The van der Waals surface area contributed by atoms with Gasteiger partial charge in [-0.05, 0) is 44.6 Å². The summed E-state index contributed by atoms with van der Waals surface area (Å²) in [6.07, 6.45) is 19.1. The molecule has 3 aliphatic rings. The molecule has 0 bridgehead atoms. The molecule has 0 radical (unpaired) electrons. The van der Waals surface area contributed by atoms with Crippen molar-refractivity contribution in [2.24, 2.45) is 0 Å². The van der Waals surface area contributed by atoms with Gasteiger partial charge in [0.2, 0.25) is 5.91 Å². The summed E-state index contributed by atoms with van der Waals surface area (Å²) in [6.45, 7) is 1.02. The van der Waals surface area contributed by atoms with E-state index in [1.807, 2.05) is 16.7 Å². The Bertz CT molecular complexity index is 1100. The zero-order chi connectivity index (χ0) is 22.6. The number of amides is 2. The molecule has 2 aliphatic heterocycles. The second-order valence-corrected chi connectivity index (χ2v) is 8.63. The maximum absolute atomic E-state index is 13.1. The van der Waals surface area contributed by atoms with Crippen LogP contribution in [0.2, 0.25) is 0 Å². The van der Waals surface area contributed by atoms with Crippen LogP contribution in [0.25, 0.3) is 5.65 Å². The third kappa shape index (κ3) is 4.62. The van der Waals surface area contributed by atoms with Gasteiger partial charge in [0.15, 0.2) is 0 Å². The van der Waals surface area contributed by atoms with Gasteiger partial charge in [-0.3, -0.25) is 14.0 Å². The Labute approximate surface area is 192 Å². The molecule has 1 aliphatic carbocycles. The fraction of sp³-hybridized carbons (Fsp3) is 0.417. The maximum atomic E-state index is 13.1. The van der Waals surface area contributed by atoms with Crippen LogP contribution in [0.4, 0.5) is 0 Å². The summed E-state index contributed by atoms with van der Waals surface area (Å²) in [7, 11) is 0. The molecule has 2 unspecified atom stereocenters. The molecule has 3 N–H and O–H groups in total. The van der Waals surface area contributed by atoms with Crippen molar-refractivity contribution in [3.63, 3.8) is 0 Å². The van der Waals surface area contributed by atoms with Crippen LogP contribution in [0.3, 0.4) is 0 Å². The third-order valence-electron chi connectivity index (χ3n) is 6.36. The SMILES string of the molecule is O=C(NCc1cn2cnccc2n1)C1CCC2NC=C(NCCCC3=CCCC=C3)C(=O)N21. The molecular formula is C24H29N7O2. The Morgan fingerprint density at radius 3 is 3.06 bits per heavy atom. The van der Waals surface area contributed by atoms with Crippen LogP contribution in [-0.4, -0.2) is 49.8 Å². The van der Waals surface area contributed by atoms with Crippen molar-refractivity contribution < 1.29 is 9.59 Å². The van der Waals surface area contributed by atoms with E-state index in [1.165, 1.54) is 5.57 Å². The highest BCUT2D eigenvalue weighted by Crippen LogP contribution is 2.27. The molecule has 9 heteroatoms. The summed E-state index contributed by atoms with van der Waals surface area (Å²) in [4.78, 5) is 36.3. The van der Waals surface area contributed by atoms with E-state index >= 15 is 0 Å². The summed E-state index contributed by atoms with van der Waals surface area (Å²) in [5, 5.41) is 9.49. The number of allylic oxidation sites excluding steroid dienone is 4. The Morgan fingerprint density at radius 2 is 2.21 bits per heavy atom. The topological polar surface area (TPSA) is 104 Å². The van der Waals surface area contributed by atoms with Crippen molar-refractivity contribution >= 4 is 17.5 Å². The van der Waals surface area contributed by atoms with E-state index in [4.69, 9.17) is 0 Å². The van der Waals surface area contributed by atoms with Gasteiger partial charge in [-0.1, -0.05) is 23.8 Å². The summed E-state index contributed by atoms with van der Waals surface area (Å²) in [5.74, 6) is -0.271. The van der Waals surface area contributed by atoms with Crippen LogP contribution < -0.4 is 16.0 Å². The summed E-state index contributed by atoms with van der Waals surface area (Å²) >= 11 is 0. The monoisotopic (exact) mass is 447 g/mol. The van der Waals surface area contributed by atoms with Crippen LogP contribution in [0.15, 0.2) is 60.5 Å². The number of hydrogen-bond donors (Lipinski definition) is 3. The number of aromatic nitrogens is 3. The van der Waals surface area contributed by atoms with Gasteiger partial charge < -0.3 is 20.9 Å². The number of nitrogens with zero attached hydrogens (tertiary/aromatic N) is 4. The molecule has 172 valence electrons. The van der Waals surface area contributed by atoms with Crippen LogP contribution in [0, 0.1) is 0 Å². The molecule has 0 aromatic carbocycles. The number of imidazole rings is 1. The number of fused-ring (bicyclic) bond motifs is 2. The van der Waals surface area contributed by atoms with E-state index in [1.54, 1.807) is 23.6 Å². The van der Waals surface area contributed by atoms with E-state index in [9.17, 15) is 9.59 Å². The predicted molar refractivity (Wildman–Crippen MR) is 123 cm³/mol. The van der Waals surface area contributed by atoms with E-state index in [0.29, 0.717) is 25.2 Å². The Balaban J connectivity index is 1.14. The van der Waals surface area contributed by atoms with E-state index in [-0.39, 0.29) is 18.0 Å². The number of nitrogens with one attached hydrogen (secondary N) is 3. The summed E-state index contributed by atoms with van der Waals surface area (Å²) in [5.41, 5.74) is 3.41. The Hall–Kier alpha value is -3.62. The highest BCUT2D eigenvalue weighted by molar-refractivity contribution is 5.97. The minimum Gasteiger partial charge on any atom is -0.379 e. The molecule has 5 rings (SSSR count). The smallest absolute Gasteiger partial charge is 0.273 e. The molecule has 1 saturated heterocycles. The molecule has 0 saturated carbocycles. The second kappa shape index (κ2) is 9.48. The quantitative estimate of drug-likeness (QED) is 0.533. The van der Waals surface area contributed by atoms with Gasteiger partial charge >= 0.3 is 0 Å². The minimum absolute atomic E-state index is 0.119. The molecule has 2 aromatic rings. The lowest BCUT2D eigenvalue weighted by Crippen LogP contribution is -2.56. The molecule has 2 amide bonds. The maximum Gasteiger partial charge on any atom is 0.273 e. The first-order chi connectivity index (χ1) is 16.2. The Kier molecular flexibility index (Phi) is 6.10. The number of rotatable bonds is 8. The first kappa shape index (κ1) is 21.2. The van der Waals surface area contributed by atoms with E-state index in [2.05, 4.69) is 44.1 Å². The number of carbonyl (C=O) groups excluding carboxylic acids is 2. The summed E-state index contributed by atoms with van der Waals surface area (Å²) < 4.78 is 1.81. The standard InChI is InChI=1S/C24H29N7O2/c32-23(28-13-18-15-30-16-25-12-10-22(30)29-18)20-8-9-21-27-14-19(24(33)31(20)21)26-11-4-7-17-5-2-1-3-6-17/h2,5-6,10,12,14-16,20-21,26-27H,1,3-4,7-9,11,13H2,(H,28,32). The second-order valence-electron chi connectivity index (χ2n) is 8.63. The van der Waals surface area contributed by atoms with Gasteiger partial charge in [0.25, 0.3) is 5.91 Å². The average molecular weight is 448 g/mol. The minimum atomic E-state index is -0.489. The predicted octanol–water partition coefficient (Wildman–Crippen LogP) is 1.75. The van der Waals surface area contributed by atoms with Crippen LogP contribution in [0.5, 0.6) is 0 Å². The first-order valence-electron chi connectivity index (χ1n) is 11.6. The van der Waals surface area contributed by atoms with Crippen molar-refractivity contribution in [2.75, 3.05) is 6.54 Å². The highest BCUT2D eigenvalue weighted by Gasteiger charge is 2.43. The molecule has 33 heavy (non-hydrogen) atoms. The number of carbonyl (C=O) groups is 2. The Morgan fingerprint density at radius 1 is 1.27 bits per heavy atom. The lowest BCUT2D eigenvalue weighted by Gasteiger charge is -2.34. The van der Waals surface area contributed by atoms with Gasteiger partial charge in [0.05, 0.1) is 12.2 Å². The molecule has 4 heterocycles. The lowest BCUT2D eigenvalue weighted by atomic mass is 10.0. The van der Waals surface area contributed by atoms with Gasteiger partial charge in [0.1, 0.15) is 29.9 Å². The van der Waals surface area contributed by atoms with Crippen molar-refractivity contribution in [1.82, 2.24) is 35.2 Å². The van der Waals surface area contributed by atoms with Crippen molar-refractivity contribution in [1.29, 1.82) is 0 Å². The third-order valence-corrected chi connectivity index (χ3v) is 6.36. The molecule has 1 fully saturated rings. The summed E-state index contributed by atoms with van der Waals surface area (Å²) in [6, 6.07) is 1.32. The van der Waals surface area contributed by atoms with Crippen molar-refractivity contribution in [2.45, 2.75) is 57.3 Å². The highest BCUT2D eigenvalue weighted by atomic mass is 16.2. The zero-order valence-electron chi connectivity index (χ0n) is 18.5. The van der Waals surface area contributed by atoms with Crippen LogP contribution in [0.1, 0.15) is 44.2 Å². The van der Waals surface area contributed by atoms with Crippen molar-refractivity contribution in [3.8, 4) is 0 Å². The molecule has 2 atom stereocenters. The van der Waals surface area contributed by atoms with Gasteiger partial charge in [0, 0.05) is 25.1 Å². The van der Waals surface area contributed by atoms with Gasteiger partial charge in [-0.2, -0.15) is 0 Å². The first-order valence-corrected chi connectivity index (χ1v) is 11.6. The van der Waals surface area contributed by atoms with E-state index in [0.717, 1.165) is 43.4 Å². The van der Waals surface area contributed by atoms with E-state index < -0.39 is 6.04 Å². The fourth-order valence-electron chi connectivity index (χ4n) is 4.67. The molecule has 0 spiro atoms. The molecule has 2 aromatic heterocycles. The normalized spacial score (nSPS) is 21.9. The van der Waals surface area contributed by atoms with Crippen LogP contribution in [-0.2, 0) is 16.1 Å². The fourth-order valence-corrected chi connectivity index (χ4v) is 4.67. The average Bonchev–Trinajstić information content (AvgIpc) is 3.46. The van der Waals surface area contributed by atoms with Gasteiger partial charge in [-0.25, -0.2) is 9.97 Å².